The van der Waals surface area contributed by atoms with Gasteiger partial charge >= 0.3 is 0 Å². The quantitative estimate of drug-likeness (QED) is 0.709. The lowest BCUT2D eigenvalue weighted by molar-refractivity contribution is 0.0988. The second-order valence-electron chi connectivity index (χ2n) is 4.36. The monoisotopic (exact) mass is 247 g/mol. The highest BCUT2D eigenvalue weighted by atomic mass is 16.2. The maximum absolute atomic E-state index is 12.6. The lowest BCUT2D eigenvalue weighted by Gasteiger charge is -2.24. The zero-order valence-electron chi connectivity index (χ0n) is 10.7. The number of para-hydroxylation sites is 1. The fourth-order valence-corrected chi connectivity index (χ4v) is 2.30. The zero-order chi connectivity index (χ0) is 13.2. The van der Waals surface area contributed by atoms with Crippen molar-refractivity contribution < 1.29 is 4.79 Å². The van der Waals surface area contributed by atoms with Gasteiger partial charge in [0, 0.05) is 17.7 Å². The summed E-state index contributed by atoms with van der Waals surface area (Å²) in [5.41, 5.74) is 3.25. The fraction of sp³-hybridized carbons (Fsp3) is 0.118. The summed E-state index contributed by atoms with van der Waals surface area (Å²) in [4.78, 5) is 14.4. The van der Waals surface area contributed by atoms with E-state index >= 15 is 0 Å². The Morgan fingerprint density at radius 1 is 0.947 bits per heavy atom. The van der Waals surface area contributed by atoms with Crippen LogP contribution in [-0.2, 0) is 0 Å². The molecule has 2 aromatic carbocycles. The van der Waals surface area contributed by atoms with Crippen molar-refractivity contribution >= 4 is 11.6 Å². The van der Waals surface area contributed by atoms with E-state index in [0.717, 1.165) is 16.8 Å². The minimum absolute atomic E-state index is 0.0135. The molecule has 0 saturated heterocycles. The number of anilines is 1. The van der Waals surface area contributed by atoms with Crippen LogP contribution in [-0.4, -0.2) is 12.5 Å². The molecule has 1 amide bonds. The smallest absolute Gasteiger partial charge is 0.259 e. The second-order valence-corrected chi connectivity index (χ2v) is 4.36. The normalized spacial score (nSPS) is 12.7. The molecule has 3 rings (SSSR count). The first-order valence-electron chi connectivity index (χ1n) is 6.33. The second kappa shape index (κ2) is 4.62. The van der Waals surface area contributed by atoms with E-state index in [1.54, 1.807) is 4.90 Å². The lowest BCUT2D eigenvalue weighted by atomic mass is 10.0. The van der Waals surface area contributed by atoms with Crippen LogP contribution < -0.4 is 4.90 Å². The SMILES string of the molecule is CCN1C(=O)c2ccccc2C#Cc2ccccc21. The Morgan fingerprint density at radius 3 is 2.37 bits per heavy atom. The van der Waals surface area contributed by atoms with E-state index in [0.29, 0.717) is 12.1 Å². The number of hydrogen-bond acceptors (Lipinski definition) is 1. The molecule has 0 radical (unpaired) electrons. The number of rotatable bonds is 1. The number of amides is 1. The van der Waals surface area contributed by atoms with Gasteiger partial charge in [-0.15, -0.1) is 0 Å². The fourth-order valence-electron chi connectivity index (χ4n) is 2.30. The highest BCUT2D eigenvalue weighted by molar-refractivity contribution is 6.08. The number of nitrogens with zero attached hydrogens (tertiary/aromatic N) is 1. The highest BCUT2D eigenvalue weighted by Crippen LogP contribution is 2.24. The summed E-state index contributed by atoms with van der Waals surface area (Å²) in [5.74, 6) is 6.27. The molecular formula is C17H13NO. The summed E-state index contributed by atoms with van der Waals surface area (Å²) < 4.78 is 0. The molecule has 1 aliphatic heterocycles. The van der Waals surface area contributed by atoms with Crippen molar-refractivity contribution in [3.05, 3.63) is 65.2 Å². The van der Waals surface area contributed by atoms with E-state index in [1.165, 1.54) is 0 Å². The first-order valence-corrected chi connectivity index (χ1v) is 6.33. The first kappa shape index (κ1) is 11.6. The molecule has 2 aromatic rings. The molecule has 0 unspecified atom stereocenters. The van der Waals surface area contributed by atoms with Gasteiger partial charge < -0.3 is 4.90 Å². The molecule has 0 atom stereocenters. The predicted octanol–water partition coefficient (Wildman–Crippen LogP) is 3.07. The molecule has 0 N–H and O–H groups in total. The lowest BCUT2D eigenvalue weighted by Crippen LogP contribution is -2.32. The summed E-state index contributed by atoms with van der Waals surface area (Å²) in [5, 5.41) is 0. The molecule has 1 heterocycles. The van der Waals surface area contributed by atoms with Crippen molar-refractivity contribution in [3.63, 3.8) is 0 Å². The van der Waals surface area contributed by atoms with Crippen LogP contribution >= 0.6 is 0 Å². The van der Waals surface area contributed by atoms with Crippen molar-refractivity contribution in [2.75, 3.05) is 11.4 Å². The zero-order valence-corrected chi connectivity index (χ0v) is 10.7. The summed E-state index contributed by atoms with van der Waals surface area (Å²) in [6.07, 6.45) is 0. The van der Waals surface area contributed by atoms with E-state index in [2.05, 4.69) is 11.8 Å². The van der Waals surface area contributed by atoms with Gasteiger partial charge in [0.15, 0.2) is 0 Å². The van der Waals surface area contributed by atoms with Crippen molar-refractivity contribution in [1.82, 2.24) is 0 Å². The van der Waals surface area contributed by atoms with Crippen LogP contribution in [0.5, 0.6) is 0 Å². The van der Waals surface area contributed by atoms with Gasteiger partial charge in [-0.2, -0.15) is 0 Å². The van der Waals surface area contributed by atoms with Crippen LogP contribution in [0.2, 0.25) is 0 Å². The molecule has 0 saturated carbocycles. The third-order valence-electron chi connectivity index (χ3n) is 3.25. The van der Waals surface area contributed by atoms with Crippen LogP contribution in [0.3, 0.4) is 0 Å². The number of carbonyl (C=O) groups excluding carboxylic acids is 1. The molecular weight excluding hydrogens is 234 g/mol. The molecule has 0 bridgehead atoms. The summed E-state index contributed by atoms with van der Waals surface area (Å²) in [6.45, 7) is 2.61. The van der Waals surface area contributed by atoms with E-state index in [9.17, 15) is 4.79 Å². The van der Waals surface area contributed by atoms with Gasteiger partial charge in [0.25, 0.3) is 5.91 Å². The molecule has 1 aliphatic rings. The van der Waals surface area contributed by atoms with E-state index in [4.69, 9.17) is 0 Å². The molecule has 19 heavy (non-hydrogen) atoms. The Bertz CT molecular complexity index is 706. The molecule has 2 heteroatoms. The Hall–Kier alpha value is -2.53. The third kappa shape index (κ3) is 1.90. The predicted molar refractivity (Wildman–Crippen MR) is 76.2 cm³/mol. The van der Waals surface area contributed by atoms with Crippen molar-refractivity contribution in [3.8, 4) is 11.8 Å². The van der Waals surface area contributed by atoms with E-state index in [-0.39, 0.29) is 5.91 Å². The summed E-state index contributed by atoms with van der Waals surface area (Å²) in [7, 11) is 0. The van der Waals surface area contributed by atoms with Crippen LogP contribution in [0.4, 0.5) is 5.69 Å². The van der Waals surface area contributed by atoms with Gasteiger partial charge in [0.2, 0.25) is 0 Å². The molecule has 0 aliphatic carbocycles. The van der Waals surface area contributed by atoms with Gasteiger partial charge in [-0.25, -0.2) is 0 Å². The molecule has 0 fully saturated rings. The number of hydrogen-bond donors (Lipinski definition) is 0. The third-order valence-corrected chi connectivity index (χ3v) is 3.25. The van der Waals surface area contributed by atoms with Gasteiger partial charge in [-0.1, -0.05) is 36.1 Å². The Labute approximate surface area is 112 Å². The van der Waals surface area contributed by atoms with Gasteiger partial charge in [0.1, 0.15) is 0 Å². The van der Waals surface area contributed by atoms with E-state index < -0.39 is 0 Å². The molecule has 2 nitrogen and oxygen atoms in total. The van der Waals surface area contributed by atoms with Crippen molar-refractivity contribution in [2.45, 2.75) is 6.92 Å². The minimum Gasteiger partial charge on any atom is -0.307 e. The highest BCUT2D eigenvalue weighted by Gasteiger charge is 2.21. The van der Waals surface area contributed by atoms with Gasteiger partial charge in [-0.3, -0.25) is 4.79 Å². The van der Waals surface area contributed by atoms with Gasteiger partial charge in [0.05, 0.1) is 11.3 Å². The Morgan fingerprint density at radius 2 is 1.58 bits per heavy atom. The maximum Gasteiger partial charge on any atom is 0.259 e. The van der Waals surface area contributed by atoms with E-state index in [1.807, 2.05) is 55.5 Å². The average Bonchev–Trinajstić information content (AvgIpc) is 2.46. The van der Waals surface area contributed by atoms with Crippen LogP contribution in [0.1, 0.15) is 28.4 Å². The van der Waals surface area contributed by atoms with Crippen LogP contribution in [0, 0.1) is 11.8 Å². The minimum atomic E-state index is 0.0135. The van der Waals surface area contributed by atoms with Crippen LogP contribution in [0.25, 0.3) is 0 Å². The summed E-state index contributed by atoms with van der Waals surface area (Å²) in [6, 6.07) is 15.3. The largest absolute Gasteiger partial charge is 0.307 e. The average molecular weight is 247 g/mol. The standard InChI is InChI=1S/C17H13NO/c1-2-18-16-10-6-4-8-14(16)12-11-13-7-3-5-9-15(13)17(18)19/h3-10H,2H2,1H3. The topological polar surface area (TPSA) is 20.3 Å². The van der Waals surface area contributed by atoms with Crippen LogP contribution in [0.15, 0.2) is 48.5 Å². The Kier molecular flexibility index (Phi) is 2.81. The molecule has 0 aromatic heterocycles. The molecule has 0 spiro atoms. The van der Waals surface area contributed by atoms with Gasteiger partial charge in [-0.05, 0) is 31.2 Å². The first-order chi connectivity index (χ1) is 9.31. The number of carbonyl (C=O) groups is 1. The Balaban J connectivity index is 2.29. The number of fused-ring (bicyclic) bond motifs is 2. The molecule has 92 valence electrons. The van der Waals surface area contributed by atoms with Crippen molar-refractivity contribution in [1.29, 1.82) is 0 Å². The summed E-state index contributed by atoms with van der Waals surface area (Å²) >= 11 is 0. The number of benzene rings is 2. The maximum atomic E-state index is 12.6. The van der Waals surface area contributed by atoms with Crippen molar-refractivity contribution in [2.24, 2.45) is 0 Å².